The first-order valence-corrected chi connectivity index (χ1v) is 5.03. The van der Waals surface area contributed by atoms with E-state index in [1.54, 1.807) is 6.20 Å². The van der Waals surface area contributed by atoms with Crippen LogP contribution in [0.2, 0.25) is 5.02 Å². The first kappa shape index (κ1) is 7.63. The summed E-state index contributed by atoms with van der Waals surface area (Å²) in [5.74, 6) is 1.04. The number of aromatic nitrogens is 1. The molecule has 13 heavy (non-hydrogen) atoms. The van der Waals surface area contributed by atoms with Crippen molar-refractivity contribution in [1.82, 2.24) is 4.98 Å². The van der Waals surface area contributed by atoms with E-state index in [4.69, 9.17) is 11.6 Å². The Bertz CT molecular complexity index is 371. The van der Waals surface area contributed by atoms with Crippen LogP contribution in [0.3, 0.4) is 0 Å². The molecule has 1 spiro atoms. The van der Waals surface area contributed by atoms with E-state index in [9.17, 15) is 0 Å². The molecule has 0 saturated heterocycles. The summed E-state index contributed by atoms with van der Waals surface area (Å²) in [6.45, 7) is 2.22. The minimum absolute atomic E-state index is 0.368. The van der Waals surface area contributed by atoms with Gasteiger partial charge in [0, 0.05) is 23.2 Å². The standard InChI is InChI=1S/C10H11ClN2/c1-6-10(2-3-10)8-4-7(11)5-12-9(8)13-6/h4-6H,2-3H2,1H3,(H,12,13). The molecular formula is C10H11ClN2. The van der Waals surface area contributed by atoms with Crippen LogP contribution >= 0.6 is 11.6 Å². The van der Waals surface area contributed by atoms with Crippen molar-refractivity contribution < 1.29 is 0 Å². The number of hydrogen-bond donors (Lipinski definition) is 1. The van der Waals surface area contributed by atoms with Crippen LogP contribution in [0.15, 0.2) is 12.3 Å². The van der Waals surface area contributed by atoms with Crippen LogP contribution in [0.25, 0.3) is 0 Å². The van der Waals surface area contributed by atoms with Gasteiger partial charge in [-0.25, -0.2) is 4.98 Å². The van der Waals surface area contributed by atoms with E-state index < -0.39 is 0 Å². The quantitative estimate of drug-likeness (QED) is 0.687. The molecule has 1 aromatic heterocycles. The normalized spacial score (nSPS) is 27.1. The molecular weight excluding hydrogens is 184 g/mol. The van der Waals surface area contributed by atoms with Gasteiger partial charge in [-0.05, 0) is 25.8 Å². The van der Waals surface area contributed by atoms with Gasteiger partial charge in [0.25, 0.3) is 0 Å². The van der Waals surface area contributed by atoms with Gasteiger partial charge in [0.05, 0.1) is 5.02 Å². The highest BCUT2D eigenvalue weighted by molar-refractivity contribution is 6.30. The third-order valence-corrected chi connectivity index (χ3v) is 3.57. The smallest absolute Gasteiger partial charge is 0.130 e. The van der Waals surface area contributed by atoms with Gasteiger partial charge in [-0.3, -0.25) is 0 Å². The van der Waals surface area contributed by atoms with Crippen molar-refractivity contribution in [2.75, 3.05) is 5.32 Å². The third-order valence-electron chi connectivity index (χ3n) is 3.36. The lowest BCUT2D eigenvalue weighted by Crippen LogP contribution is -2.22. The van der Waals surface area contributed by atoms with Crippen molar-refractivity contribution in [3.8, 4) is 0 Å². The van der Waals surface area contributed by atoms with E-state index in [-0.39, 0.29) is 0 Å². The number of rotatable bonds is 0. The zero-order chi connectivity index (χ0) is 9.05. The van der Waals surface area contributed by atoms with E-state index in [2.05, 4.69) is 23.3 Å². The SMILES string of the molecule is CC1Nc2ncc(Cl)cc2C12CC2. The van der Waals surface area contributed by atoms with Gasteiger partial charge in [0.1, 0.15) is 5.82 Å². The molecule has 68 valence electrons. The van der Waals surface area contributed by atoms with Gasteiger partial charge < -0.3 is 5.32 Å². The maximum absolute atomic E-state index is 5.94. The molecule has 2 nitrogen and oxygen atoms in total. The van der Waals surface area contributed by atoms with Crippen LogP contribution in [0.5, 0.6) is 0 Å². The van der Waals surface area contributed by atoms with E-state index in [0.717, 1.165) is 10.8 Å². The van der Waals surface area contributed by atoms with E-state index >= 15 is 0 Å². The molecule has 1 aliphatic heterocycles. The molecule has 1 fully saturated rings. The number of fused-ring (bicyclic) bond motifs is 2. The highest BCUT2D eigenvalue weighted by Crippen LogP contribution is 2.57. The Kier molecular flexibility index (Phi) is 1.28. The zero-order valence-electron chi connectivity index (χ0n) is 7.47. The summed E-state index contributed by atoms with van der Waals surface area (Å²) < 4.78 is 0. The van der Waals surface area contributed by atoms with Crippen molar-refractivity contribution in [2.24, 2.45) is 0 Å². The first-order chi connectivity index (χ1) is 6.22. The summed E-state index contributed by atoms with van der Waals surface area (Å²) in [6, 6.07) is 2.58. The number of anilines is 1. The Morgan fingerprint density at radius 2 is 2.38 bits per heavy atom. The van der Waals surface area contributed by atoms with Gasteiger partial charge in [0.2, 0.25) is 0 Å². The average Bonchev–Trinajstić information content (AvgIpc) is 2.83. The lowest BCUT2D eigenvalue weighted by atomic mass is 9.94. The Hall–Kier alpha value is -0.760. The monoisotopic (exact) mass is 194 g/mol. The first-order valence-electron chi connectivity index (χ1n) is 4.65. The molecule has 1 N–H and O–H groups in total. The van der Waals surface area contributed by atoms with Crippen molar-refractivity contribution in [2.45, 2.75) is 31.2 Å². The molecule has 1 saturated carbocycles. The van der Waals surface area contributed by atoms with Crippen molar-refractivity contribution in [3.63, 3.8) is 0 Å². The van der Waals surface area contributed by atoms with Crippen molar-refractivity contribution in [3.05, 3.63) is 22.8 Å². The predicted octanol–water partition coefficient (Wildman–Crippen LogP) is 2.58. The number of pyridine rings is 1. The molecule has 0 aromatic carbocycles. The van der Waals surface area contributed by atoms with Crippen LogP contribution in [-0.2, 0) is 5.41 Å². The molecule has 0 bridgehead atoms. The topological polar surface area (TPSA) is 24.9 Å². The molecule has 1 unspecified atom stereocenters. The number of hydrogen-bond acceptors (Lipinski definition) is 2. The van der Waals surface area contributed by atoms with Crippen LogP contribution in [0, 0.1) is 0 Å². The maximum Gasteiger partial charge on any atom is 0.130 e. The lowest BCUT2D eigenvalue weighted by molar-refractivity contribution is 0.628. The Morgan fingerprint density at radius 3 is 3.08 bits per heavy atom. The van der Waals surface area contributed by atoms with Gasteiger partial charge in [-0.2, -0.15) is 0 Å². The summed E-state index contributed by atoms with van der Waals surface area (Å²) in [5, 5.41) is 4.16. The molecule has 1 aromatic rings. The highest BCUT2D eigenvalue weighted by atomic mass is 35.5. The number of nitrogens with zero attached hydrogens (tertiary/aromatic N) is 1. The molecule has 0 radical (unpaired) electrons. The Balaban J connectivity index is 2.19. The molecule has 3 heteroatoms. The summed E-state index contributed by atoms with van der Waals surface area (Å²) in [5.41, 5.74) is 1.69. The fourth-order valence-corrected chi connectivity index (χ4v) is 2.51. The van der Waals surface area contributed by atoms with Gasteiger partial charge in [-0.1, -0.05) is 11.6 Å². The fourth-order valence-electron chi connectivity index (χ4n) is 2.35. The number of halogens is 1. The fraction of sp³-hybridized carbons (Fsp3) is 0.500. The molecule has 2 aliphatic rings. The minimum atomic E-state index is 0.368. The molecule has 3 rings (SSSR count). The summed E-state index contributed by atoms with van der Waals surface area (Å²) >= 11 is 5.94. The van der Waals surface area contributed by atoms with E-state index in [1.165, 1.54) is 18.4 Å². The number of nitrogens with one attached hydrogen (secondary N) is 1. The molecule has 2 heterocycles. The van der Waals surface area contributed by atoms with Crippen LogP contribution in [0.1, 0.15) is 25.3 Å². The van der Waals surface area contributed by atoms with Crippen LogP contribution < -0.4 is 5.32 Å². The Morgan fingerprint density at radius 1 is 1.62 bits per heavy atom. The molecule has 1 atom stereocenters. The maximum atomic E-state index is 5.94. The second kappa shape index (κ2) is 2.18. The van der Waals surface area contributed by atoms with Crippen LogP contribution in [0.4, 0.5) is 5.82 Å². The summed E-state index contributed by atoms with van der Waals surface area (Å²) in [4.78, 5) is 4.30. The largest absolute Gasteiger partial charge is 0.366 e. The average molecular weight is 195 g/mol. The van der Waals surface area contributed by atoms with Crippen LogP contribution in [-0.4, -0.2) is 11.0 Å². The highest BCUT2D eigenvalue weighted by Gasteiger charge is 2.54. The third kappa shape index (κ3) is 0.869. The summed E-state index contributed by atoms with van der Waals surface area (Å²) in [7, 11) is 0. The molecule has 1 aliphatic carbocycles. The van der Waals surface area contributed by atoms with Crippen molar-refractivity contribution >= 4 is 17.4 Å². The van der Waals surface area contributed by atoms with Gasteiger partial charge in [-0.15, -0.1) is 0 Å². The second-order valence-corrected chi connectivity index (χ2v) is 4.51. The van der Waals surface area contributed by atoms with Gasteiger partial charge >= 0.3 is 0 Å². The van der Waals surface area contributed by atoms with E-state index in [0.29, 0.717) is 11.5 Å². The lowest BCUT2D eigenvalue weighted by Gasteiger charge is -2.12. The van der Waals surface area contributed by atoms with Gasteiger partial charge in [0.15, 0.2) is 0 Å². The Labute approximate surface area is 82.3 Å². The second-order valence-electron chi connectivity index (χ2n) is 4.07. The minimum Gasteiger partial charge on any atom is -0.366 e. The predicted molar refractivity (Wildman–Crippen MR) is 53.2 cm³/mol. The summed E-state index contributed by atoms with van der Waals surface area (Å²) in [6.07, 6.45) is 4.26. The zero-order valence-corrected chi connectivity index (χ0v) is 8.23. The van der Waals surface area contributed by atoms with E-state index in [1.807, 2.05) is 0 Å². The van der Waals surface area contributed by atoms with Crippen molar-refractivity contribution in [1.29, 1.82) is 0 Å². The molecule has 0 amide bonds.